The van der Waals surface area contributed by atoms with E-state index in [1.807, 2.05) is 32.1 Å². The Morgan fingerprint density at radius 3 is 1.60 bits per heavy atom. The van der Waals surface area contributed by atoms with Gasteiger partial charge in [-0.05, 0) is 33.3 Å². The Hall–Kier alpha value is -1.43. The highest BCUT2D eigenvalue weighted by Gasteiger charge is 1.93. The van der Waals surface area contributed by atoms with Crippen molar-refractivity contribution in [1.82, 2.24) is 4.90 Å². The predicted octanol–water partition coefficient (Wildman–Crippen LogP) is -0.686. The van der Waals surface area contributed by atoms with Gasteiger partial charge in [-0.1, -0.05) is 18.2 Å². The maximum atomic E-state index is 10.4. The summed E-state index contributed by atoms with van der Waals surface area (Å²) in [4.78, 5) is 12.4. The Morgan fingerprint density at radius 1 is 1.07 bits per heavy atom. The molecule has 0 fully saturated rings. The molecule has 6 N–H and O–H groups in total. The van der Waals surface area contributed by atoms with Crippen LogP contribution >= 0.6 is 0 Å². The molecule has 1 aromatic carbocycles. The number of nitrogens with two attached hydrogens (primary N) is 1. The number of benzene rings is 1. The van der Waals surface area contributed by atoms with Crippen LogP contribution in [-0.2, 0) is 0 Å². The van der Waals surface area contributed by atoms with Gasteiger partial charge in [0.15, 0.2) is 0 Å². The third kappa shape index (κ3) is 12.6. The van der Waals surface area contributed by atoms with Gasteiger partial charge in [0.05, 0.1) is 0 Å². The Morgan fingerprint density at radius 2 is 1.40 bits per heavy atom. The summed E-state index contributed by atoms with van der Waals surface area (Å²) >= 11 is 0. The van der Waals surface area contributed by atoms with Crippen molar-refractivity contribution < 1.29 is 15.7 Å². The molecule has 0 atom stereocenters. The van der Waals surface area contributed by atoms with Crippen molar-refractivity contribution in [2.45, 2.75) is 0 Å². The number of hydrogen-bond acceptors (Lipinski definition) is 2. The zero-order valence-corrected chi connectivity index (χ0v) is 9.32. The van der Waals surface area contributed by atoms with E-state index >= 15 is 0 Å². The number of rotatable bonds is 1. The van der Waals surface area contributed by atoms with E-state index in [-0.39, 0.29) is 16.9 Å². The van der Waals surface area contributed by atoms with Gasteiger partial charge in [-0.3, -0.25) is 4.79 Å². The van der Waals surface area contributed by atoms with Gasteiger partial charge in [0.1, 0.15) is 0 Å². The van der Waals surface area contributed by atoms with Crippen LogP contribution in [0.5, 0.6) is 0 Å². The molecule has 1 rings (SSSR count). The maximum Gasteiger partial charge on any atom is 0.248 e. The molecule has 5 heteroatoms. The average Bonchev–Trinajstić information content (AvgIpc) is 2.05. The third-order valence-electron chi connectivity index (χ3n) is 1.06. The van der Waals surface area contributed by atoms with Crippen LogP contribution in [0, 0.1) is 0 Å². The molecule has 1 amide bonds. The number of carbonyl (C=O) groups excluding carboxylic acids is 1. The molecule has 0 aromatic heterocycles. The van der Waals surface area contributed by atoms with Gasteiger partial charge in [-0.2, -0.15) is 0 Å². The Bertz CT molecular complexity index is 247. The molecule has 0 unspecified atom stereocenters. The summed E-state index contributed by atoms with van der Waals surface area (Å²) in [6, 6.07) is 8.76. The van der Waals surface area contributed by atoms with Crippen molar-refractivity contribution in [1.29, 1.82) is 0 Å². The van der Waals surface area contributed by atoms with Crippen molar-refractivity contribution in [2.75, 3.05) is 21.1 Å². The van der Waals surface area contributed by atoms with E-state index in [0.29, 0.717) is 5.56 Å². The smallest absolute Gasteiger partial charge is 0.248 e. The molecule has 1 aromatic rings. The van der Waals surface area contributed by atoms with Crippen LogP contribution in [0.4, 0.5) is 0 Å². The molecular formula is C10H20N2O3. The second-order valence-corrected chi connectivity index (χ2v) is 3.07. The van der Waals surface area contributed by atoms with Gasteiger partial charge in [0.25, 0.3) is 0 Å². The summed E-state index contributed by atoms with van der Waals surface area (Å²) in [5.41, 5.74) is 5.53. The Kier molecular flexibility index (Phi) is 13.6. The van der Waals surface area contributed by atoms with Crippen molar-refractivity contribution in [3.8, 4) is 0 Å². The first kappa shape index (κ1) is 19.2. The standard InChI is InChI=1S/C7H7NO.C3H9N.2H2O/c8-7(9)6-4-2-1-3-5-6;1-4(2)3;;/h1-5H,(H2,8,9);1-3H3;2*1H2. The second-order valence-electron chi connectivity index (χ2n) is 3.07. The highest BCUT2D eigenvalue weighted by Crippen LogP contribution is 1.94. The van der Waals surface area contributed by atoms with E-state index in [0.717, 1.165) is 0 Å². The van der Waals surface area contributed by atoms with Crippen LogP contribution in [0.25, 0.3) is 0 Å². The maximum absolute atomic E-state index is 10.4. The molecule has 0 radical (unpaired) electrons. The van der Waals surface area contributed by atoms with Crippen molar-refractivity contribution >= 4 is 5.91 Å². The number of carbonyl (C=O) groups is 1. The highest BCUT2D eigenvalue weighted by molar-refractivity contribution is 5.92. The molecule has 0 heterocycles. The Balaban J connectivity index is -0.000000213. The zero-order valence-electron chi connectivity index (χ0n) is 9.32. The molecule has 0 aliphatic carbocycles. The van der Waals surface area contributed by atoms with Crippen LogP contribution in [0.3, 0.4) is 0 Å². The molecule has 0 spiro atoms. The predicted molar refractivity (Wildman–Crippen MR) is 61.8 cm³/mol. The molecule has 0 aliphatic heterocycles. The lowest BCUT2D eigenvalue weighted by molar-refractivity contribution is 0.100. The van der Waals surface area contributed by atoms with Crippen LogP contribution in [0.1, 0.15) is 10.4 Å². The van der Waals surface area contributed by atoms with E-state index in [9.17, 15) is 4.79 Å². The van der Waals surface area contributed by atoms with Gasteiger partial charge in [0.2, 0.25) is 5.91 Å². The molecule has 88 valence electrons. The summed E-state index contributed by atoms with van der Waals surface area (Å²) in [6.07, 6.45) is 0. The van der Waals surface area contributed by atoms with Crippen LogP contribution in [-0.4, -0.2) is 42.9 Å². The molecule has 0 saturated carbocycles. The quantitative estimate of drug-likeness (QED) is 0.670. The van der Waals surface area contributed by atoms with E-state index in [1.165, 1.54) is 0 Å². The Labute approximate surface area is 90.1 Å². The van der Waals surface area contributed by atoms with Gasteiger partial charge in [-0.25, -0.2) is 0 Å². The van der Waals surface area contributed by atoms with Crippen molar-refractivity contribution in [3.05, 3.63) is 35.9 Å². The fourth-order valence-electron chi connectivity index (χ4n) is 0.602. The van der Waals surface area contributed by atoms with Crippen LogP contribution in [0.2, 0.25) is 0 Å². The second kappa shape index (κ2) is 10.6. The fourth-order valence-corrected chi connectivity index (χ4v) is 0.602. The highest BCUT2D eigenvalue weighted by atomic mass is 16.1. The number of nitrogens with zero attached hydrogens (tertiary/aromatic N) is 1. The summed E-state index contributed by atoms with van der Waals surface area (Å²) in [6.45, 7) is 0. The van der Waals surface area contributed by atoms with Crippen LogP contribution in [0.15, 0.2) is 30.3 Å². The minimum Gasteiger partial charge on any atom is -0.412 e. The number of hydrogen-bond donors (Lipinski definition) is 1. The summed E-state index contributed by atoms with van der Waals surface area (Å²) in [7, 11) is 6.00. The number of amides is 1. The third-order valence-corrected chi connectivity index (χ3v) is 1.06. The minimum absolute atomic E-state index is 0. The topological polar surface area (TPSA) is 109 Å². The van der Waals surface area contributed by atoms with E-state index in [2.05, 4.69) is 0 Å². The lowest BCUT2D eigenvalue weighted by Crippen LogP contribution is -2.09. The summed E-state index contributed by atoms with van der Waals surface area (Å²) < 4.78 is 0. The van der Waals surface area contributed by atoms with Gasteiger partial charge >= 0.3 is 0 Å². The van der Waals surface area contributed by atoms with Gasteiger partial charge in [-0.15, -0.1) is 0 Å². The normalized spacial score (nSPS) is 7.73. The summed E-state index contributed by atoms with van der Waals surface area (Å²) in [5, 5.41) is 0. The first-order valence-corrected chi connectivity index (χ1v) is 4.00. The van der Waals surface area contributed by atoms with Gasteiger partial charge in [0, 0.05) is 5.56 Å². The average molecular weight is 216 g/mol. The van der Waals surface area contributed by atoms with Crippen molar-refractivity contribution in [3.63, 3.8) is 0 Å². The molecule has 0 bridgehead atoms. The van der Waals surface area contributed by atoms with Crippen molar-refractivity contribution in [2.24, 2.45) is 5.73 Å². The fraction of sp³-hybridized carbons (Fsp3) is 0.300. The molecule has 5 nitrogen and oxygen atoms in total. The van der Waals surface area contributed by atoms with E-state index < -0.39 is 0 Å². The van der Waals surface area contributed by atoms with E-state index in [4.69, 9.17) is 5.73 Å². The first-order chi connectivity index (χ1) is 6.04. The molecule has 0 saturated heterocycles. The number of primary amides is 1. The minimum atomic E-state index is -0.379. The summed E-state index contributed by atoms with van der Waals surface area (Å²) in [5.74, 6) is -0.379. The zero-order chi connectivity index (χ0) is 10.3. The lowest BCUT2D eigenvalue weighted by atomic mass is 10.2. The van der Waals surface area contributed by atoms with E-state index in [1.54, 1.807) is 24.3 Å². The largest absolute Gasteiger partial charge is 0.412 e. The SMILES string of the molecule is CN(C)C.NC(=O)c1ccccc1.O.O. The molecular weight excluding hydrogens is 196 g/mol. The molecule has 0 aliphatic rings. The van der Waals surface area contributed by atoms with Crippen LogP contribution < -0.4 is 5.73 Å². The monoisotopic (exact) mass is 216 g/mol. The van der Waals surface area contributed by atoms with Gasteiger partial charge < -0.3 is 21.6 Å². The first-order valence-electron chi connectivity index (χ1n) is 4.00. The molecule has 15 heavy (non-hydrogen) atoms. The lowest BCUT2D eigenvalue weighted by Gasteiger charge is -1.90.